The number of thiophene rings is 1. The highest BCUT2D eigenvalue weighted by Crippen LogP contribution is 2.70. The minimum atomic E-state index is 0.780. The van der Waals surface area contributed by atoms with Crippen molar-refractivity contribution in [2.75, 3.05) is 11.5 Å². The van der Waals surface area contributed by atoms with Gasteiger partial charge >= 0.3 is 0 Å². The smallest absolute Gasteiger partial charge is 0.110 e. The van der Waals surface area contributed by atoms with Crippen LogP contribution in [0.4, 0.5) is 0 Å². The molecule has 0 unspecified atom stereocenters. The molecule has 3 aliphatic rings. The molecule has 188 valence electrons. The molecule has 0 aromatic carbocycles. The molecule has 1 aromatic rings. The fourth-order valence-corrected chi connectivity index (χ4v) is 16.7. The first-order chi connectivity index (χ1) is 17.2. The van der Waals surface area contributed by atoms with E-state index in [9.17, 15) is 0 Å². The molecule has 4 rings (SSSR count). The zero-order valence-corrected chi connectivity index (χ0v) is 27.3. The van der Waals surface area contributed by atoms with E-state index in [1.807, 2.05) is 76.6 Å². The van der Waals surface area contributed by atoms with Crippen LogP contribution < -0.4 is 0 Å². The Morgan fingerprint density at radius 3 is 1.77 bits per heavy atom. The number of nitriles is 1. The standard InChI is InChI=1S/C25H29NS9/c1-3-5-7-9-13-27-20-21(28-14-10-8-6-4-2)33-24(32-20)25-34-22-23(35-25)31-19(30-22)15-17-11-12-18(16-26)29-17/h11-12,15H,3-10,13-14H2,1-2H3. The van der Waals surface area contributed by atoms with Gasteiger partial charge in [-0.2, -0.15) is 5.26 Å². The first-order valence-corrected chi connectivity index (χ1v) is 19.7. The van der Waals surface area contributed by atoms with E-state index in [2.05, 4.69) is 55.6 Å². The lowest BCUT2D eigenvalue weighted by molar-refractivity contribution is 0.707. The van der Waals surface area contributed by atoms with Gasteiger partial charge in [0.25, 0.3) is 0 Å². The van der Waals surface area contributed by atoms with Crippen LogP contribution in [0, 0.1) is 11.3 Å². The Hall–Kier alpha value is 0.950. The van der Waals surface area contributed by atoms with Crippen molar-refractivity contribution in [3.05, 3.63) is 51.5 Å². The highest BCUT2D eigenvalue weighted by atomic mass is 32.3. The Bertz CT molecular complexity index is 1010. The van der Waals surface area contributed by atoms with E-state index in [0.717, 1.165) is 4.88 Å². The molecule has 0 bridgehead atoms. The van der Waals surface area contributed by atoms with Crippen LogP contribution in [0.1, 0.15) is 75.0 Å². The molecule has 0 radical (unpaired) electrons. The molecule has 0 fully saturated rings. The molecule has 0 N–H and O–H groups in total. The number of nitrogens with zero attached hydrogens (tertiary/aromatic N) is 1. The van der Waals surface area contributed by atoms with E-state index in [1.165, 1.54) is 88.9 Å². The predicted octanol–water partition coefficient (Wildman–Crippen LogP) is 12.4. The van der Waals surface area contributed by atoms with Gasteiger partial charge in [0.2, 0.25) is 0 Å². The average Bonchev–Trinajstić information content (AvgIpc) is 3.62. The molecular formula is C25H29NS9. The van der Waals surface area contributed by atoms with Gasteiger partial charge in [-0.3, -0.25) is 0 Å². The van der Waals surface area contributed by atoms with Crippen LogP contribution in [0.2, 0.25) is 0 Å². The fourth-order valence-electron chi connectivity index (χ4n) is 3.27. The number of hydrogen-bond acceptors (Lipinski definition) is 10. The quantitative estimate of drug-likeness (QED) is 0.197. The number of rotatable bonds is 13. The molecule has 1 aromatic heterocycles. The highest BCUT2D eigenvalue weighted by Gasteiger charge is 2.34. The third kappa shape index (κ3) is 8.72. The topological polar surface area (TPSA) is 23.8 Å². The maximum Gasteiger partial charge on any atom is 0.110 e. The zero-order valence-electron chi connectivity index (χ0n) is 19.9. The van der Waals surface area contributed by atoms with Crippen LogP contribution in [0.5, 0.6) is 0 Å². The lowest BCUT2D eigenvalue weighted by Gasteiger charge is -2.05. The summed E-state index contributed by atoms with van der Waals surface area (Å²) in [7, 11) is 0. The number of thioether (sulfide) groups is 8. The molecule has 0 saturated heterocycles. The molecule has 4 heterocycles. The summed E-state index contributed by atoms with van der Waals surface area (Å²) in [6.07, 6.45) is 12.9. The van der Waals surface area contributed by atoms with Crippen LogP contribution in [0.25, 0.3) is 6.08 Å². The number of hydrogen-bond donors (Lipinski definition) is 0. The molecule has 0 atom stereocenters. The summed E-state index contributed by atoms with van der Waals surface area (Å²) in [4.78, 5) is 1.94. The van der Waals surface area contributed by atoms with Crippen molar-refractivity contribution >= 4 is 112 Å². The second-order valence-corrected chi connectivity index (χ2v) is 19.3. The second-order valence-electron chi connectivity index (χ2n) is 7.93. The van der Waals surface area contributed by atoms with Crippen molar-refractivity contribution in [1.29, 1.82) is 5.26 Å². The summed E-state index contributed by atoms with van der Waals surface area (Å²) in [5.74, 6) is 2.49. The highest BCUT2D eigenvalue weighted by molar-refractivity contribution is 8.49. The Morgan fingerprint density at radius 2 is 1.26 bits per heavy atom. The van der Waals surface area contributed by atoms with Gasteiger partial charge < -0.3 is 0 Å². The summed E-state index contributed by atoms with van der Waals surface area (Å²) in [5.41, 5.74) is 0. The molecular weight excluding hydrogens is 603 g/mol. The third-order valence-electron chi connectivity index (χ3n) is 5.09. The monoisotopic (exact) mass is 631 g/mol. The van der Waals surface area contributed by atoms with Gasteiger partial charge in [-0.25, -0.2) is 0 Å². The van der Waals surface area contributed by atoms with Gasteiger partial charge in [-0.15, -0.1) is 34.9 Å². The maximum atomic E-state index is 9.08. The van der Waals surface area contributed by atoms with E-state index in [1.54, 1.807) is 19.8 Å². The van der Waals surface area contributed by atoms with E-state index < -0.39 is 0 Å². The molecule has 0 aliphatic carbocycles. The summed E-state index contributed by atoms with van der Waals surface area (Å²) < 4.78 is 10.2. The molecule has 0 amide bonds. The van der Waals surface area contributed by atoms with E-state index in [4.69, 9.17) is 5.26 Å². The first kappa shape index (κ1) is 28.9. The molecule has 1 nitrogen and oxygen atoms in total. The van der Waals surface area contributed by atoms with E-state index in [0.29, 0.717) is 0 Å². The SMILES string of the molecule is CCCCCCSC1=C(SCCCCCC)SC(=C2SC3=C(SC(=Cc4ccc(C#N)s4)S3)S2)S1. The first-order valence-electron chi connectivity index (χ1n) is 12.0. The second kappa shape index (κ2) is 15.5. The Balaban J connectivity index is 1.33. The average molecular weight is 632 g/mol. The van der Waals surface area contributed by atoms with Gasteiger partial charge in [-0.05, 0) is 42.6 Å². The van der Waals surface area contributed by atoms with Crippen LogP contribution in [0.3, 0.4) is 0 Å². The van der Waals surface area contributed by atoms with Gasteiger partial charge in [0, 0.05) is 4.88 Å². The molecule has 10 heteroatoms. The van der Waals surface area contributed by atoms with Gasteiger partial charge in [0.1, 0.15) is 10.9 Å². The van der Waals surface area contributed by atoms with Crippen molar-refractivity contribution in [1.82, 2.24) is 0 Å². The largest absolute Gasteiger partial charge is 0.192 e. The normalized spacial score (nSPS) is 17.7. The summed E-state index contributed by atoms with van der Waals surface area (Å²) in [6.45, 7) is 4.57. The Morgan fingerprint density at radius 1 is 0.714 bits per heavy atom. The Kier molecular flexibility index (Phi) is 12.8. The molecule has 0 saturated carbocycles. The maximum absolute atomic E-state index is 9.08. The minimum absolute atomic E-state index is 0.780. The van der Waals surface area contributed by atoms with Gasteiger partial charge in [0.05, 0.1) is 29.7 Å². The predicted molar refractivity (Wildman–Crippen MR) is 177 cm³/mol. The van der Waals surface area contributed by atoms with Crippen molar-refractivity contribution in [3.63, 3.8) is 0 Å². The van der Waals surface area contributed by atoms with Crippen molar-refractivity contribution < 1.29 is 0 Å². The summed E-state index contributed by atoms with van der Waals surface area (Å²) in [6, 6.07) is 6.20. The zero-order chi connectivity index (χ0) is 24.5. The van der Waals surface area contributed by atoms with Gasteiger partial charge in [-0.1, -0.05) is 123 Å². The summed E-state index contributed by atoms with van der Waals surface area (Å²) >= 11 is 17.5. The lowest BCUT2D eigenvalue weighted by Crippen LogP contribution is -1.83. The lowest BCUT2D eigenvalue weighted by atomic mass is 10.2. The van der Waals surface area contributed by atoms with Crippen LogP contribution >= 0.6 is 105 Å². The Labute approximate surface area is 248 Å². The molecule has 3 aliphatic heterocycles. The molecule has 35 heavy (non-hydrogen) atoms. The van der Waals surface area contributed by atoms with Crippen molar-refractivity contribution in [2.45, 2.75) is 65.2 Å². The van der Waals surface area contributed by atoms with Crippen LogP contribution in [0.15, 0.2) is 41.8 Å². The van der Waals surface area contributed by atoms with E-state index in [-0.39, 0.29) is 0 Å². The van der Waals surface area contributed by atoms with Crippen LogP contribution in [-0.4, -0.2) is 11.5 Å². The molecule has 0 spiro atoms. The van der Waals surface area contributed by atoms with Crippen molar-refractivity contribution in [3.8, 4) is 6.07 Å². The van der Waals surface area contributed by atoms with E-state index >= 15 is 0 Å². The minimum Gasteiger partial charge on any atom is -0.192 e. The van der Waals surface area contributed by atoms with Gasteiger partial charge in [0.15, 0.2) is 0 Å². The summed E-state index contributed by atoms with van der Waals surface area (Å²) in [5, 5.41) is 9.08. The third-order valence-corrected chi connectivity index (χ3v) is 17.7. The number of unbranched alkanes of at least 4 members (excludes halogenated alkanes) is 6. The fraction of sp³-hybridized carbons (Fsp3) is 0.480. The van der Waals surface area contributed by atoms with Crippen molar-refractivity contribution in [2.24, 2.45) is 0 Å². The van der Waals surface area contributed by atoms with Crippen LogP contribution in [-0.2, 0) is 0 Å².